The Morgan fingerprint density at radius 2 is 1.61 bits per heavy atom. The third-order valence-corrected chi connectivity index (χ3v) is 4.77. The zero-order valence-corrected chi connectivity index (χ0v) is 15.6. The molecule has 0 radical (unpaired) electrons. The van der Waals surface area contributed by atoms with Crippen molar-refractivity contribution in [2.45, 2.75) is 13.3 Å². The molecule has 2 amide bonds. The van der Waals surface area contributed by atoms with Gasteiger partial charge in [-0.15, -0.1) is 0 Å². The predicted octanol–water partition coefficient (Wildman–Crippen LogP) is 2.91. The maximum Gasteiger partial charge on any atom is 0.269 e. The normalized spacial score (nSPS) is 13.9. The van der Waals surface area contributed by atoms with Crippen LogP contribution in [0.25, 0.3) is 0 Å². The van der Waals surface area contributed by atoms with Gasteiger partial charge in [0, 0.05) is 61.7 Å². The van der Waals surface area contributed by atoms with Crippen LogP contribution in [0, 0.1) is 10.1 Å². The molecule has 8 nitrogen and oxygen atoms in total. The van der Waals surface area contributed by atoms with Crippen LogP contribution in [0.15, 0.2) is 48.5 Å². The van der Waals surface area contributed by atoms with Crippen LogP contribution in [0.3, 0.4) is 0 Å². The molecule has 8 heteroatoms. The highest BCUT2D eigenvalue weighted by molar-refractivity contribution is 6.04. The van der Waals surface area contributed by atoms with Crippen molar-refractivity contribution in [2.24, 2.45) is 0 Å². The smallest absolute Gasteiger partial charge is 0.269 e. The van der Waals surface area contributed by atoms with Gasteiger partial charge in [-0.25, -0.2) is 0 Å². The number of carbonyl (C=O) groups is 2. The summed E-state index contributed by atoms with van der Waals surface area (Å²) in [4.78, 5) is 38.3. The molecule has 2 aromatic carbocycles. The van der Waals surface area contributed by atoms with Crippen molar-refractivity contribution in [3.8, 4) is 0 Å². The molecular weight excluding hydrogens is 360 g/mol. The van der Waals surface area contributed by atoms with Crippen LogP contribution in [-0.2, 0) is 4.79 Å². The van der Waals surface area contributed by atoms with Gasteiger partial charge in [0.05, 0.1) is 4.92 Å². The SMILES string of the molecule is CCC(=O)N1CCN(c2ccc(NC(=O)c3ccc([N+](=O)[O-])cc3)cc2)CC1. The minimum atomic E-state index is -0.502. The van der Waals surface area contributed by atoms with E-state index in [4.69, 9.17) is 0 Å². The fourth-order valence-electron chi connectivity index (χ4n) is 3.13. The second-order valence-corrected chi connectivity index (χ2v) is 6.53. The van der Waals surface area contributed by atoms with Crippen LogP contribution in [-0.4, -0.2) is 47.8 Å². The van der Waals surface area contributed by atoms with Gasteiger partial charge in [0.15, 0.2) is 0 Å². The summed E-state index contributed by atoms with van der Waals surface area (Å²) < 4.78 is 0. The molecule has 1 aliphatic heterocycles. The van der Waals surface area contributed by atoms with Gasteiger partial charge in [-0.3, -0.25) is 19.7 Å². The number of hydrogen-bond donors (Lipinski definition) is 1. The van der Waals surface area contributed by atoms with Gasteiger partial charge >= 0.3 is 0 Å². The number of amides is 2. The van der Waals surface area contributed by atoms with Crippen molar-refractivity contribution in [1.82, 2.24) is 4.90 Å². The van der Waals surface area contributed by atoms with Crippen LogP contribution < -0.4 is 10.2 Å². The third kappa shape index (κ3) is 4.46. The quantitative estimate of drug-likeness (QED) is 0.634. The lowest BCUT2D eigenvalue weighted by atomic mass is 10.2. The first kappa shape index (κ1) is 19.3. The van der Waals surface area contributed by atoms with Gasteiger partial charge in [-0.2, -0.15) is 0 Å². The van der Waals surface area contributed by atoms with Crippen molar-refractivity contribution in [2.75, 3.05) is 36.4 Å². The van der Waals surface area contributed by atoms with Gasteiger partial charge < -0.3 is 15.1 Å². The Bertz CT molecular complexity index is 857. The predicted molar refractivity (Wildman–Crippen MR) is 107 cm³/mol. The maximum absolute atomic E-state index is 12.3. The van der Waals surface area contributed by atoms with Crippen molar-refractivity contribution < 1.29 is 14.5 Å². The number of anilines is 2. The minimum Gasteiger partial charge on any atom is -0.368 e. The molecule has 0 aromatic heterocycles. The van der Waals surface area contributed by atoms with Gasteiger partial charge in [-0.1, -0.05) is 6.92 Å². The molecule has 0 bridgehead atoms. The van der Waals surface area contributed by atoms with E-state index in [0.29, 0.717) is 30.8 Å². The zero-order valence-electron chi connectivity index (χ0n) is 15.6. The van der Waals surface area contributed by atoms with Crippen LogP contribution in [0.4, 0.5) is 17.1 Å². The molecule has 0 saturated carbocycles. The molecule has 28 heavy (non-hydrogen) atoms. The van der Waals surface area contributed by atoms with E-state index in [9.17, 15) is 19.7 Å². The molecule has 0 atom stereocenters. The summed E-state index contributed by atoms with van der Waals surface area (Å²) in [6, 6.07) is 13.0. The first-order chi connectivity index (χ1) is 13.5. The first-order valence-electron chi connectivity index (χ1n) is 9.16. The van der Waals surface area contributed by atoms with Crippen LogP contribution in [0.1, 0.15) is 23.7 Å². The molecular formula is C20H22N4O4. The standard InChI is InChI=1S/C20H22N4O4/c1-2-19(25)23-13-11-22(12-14-23)17-9-5-16(6-10-17)21-20(26)15-3-7-18(8-4-15)24(27)28/h3-10H,2,11-14H2,1H3,(H,21,26). The zero-order chi connectivity index (χ0) is 20.1. The highest BCUT2D eigenvalue weighted by Gasteiger charge is 2.20. The van der Waals surface area contributed by atoms with Crippen LogP contribution in [0.5, 0.6) is 0 Å². The number of carbonyl (C=O) groups excluding carboxylic acids is 2. The molecule has 0 aliphatic carbocycles. The van der Waals surface area contributed by atoms with Crippen molar-refractivity contribution >= 4 is 28.9 Å². The minimum absolute atomic E-state index is 0.0540. The second kappa shape index (κ2) is 8.51. The van der Waals surface area contributed by atoms with Gasteiger partial charge in [0.2, 0.25) is 5.91 Å². The summed E-state index contributed by atoms with van der Waals surface area (Å²) in [5, 5.41) is 13.5. The Balaban J connectivity index is 1.58. The molecule has 1 heterocycles. The molecule has 3 rings (SSSR count). The highest BCUT2D eigenvalue weighted by Crippen LogP contribution is 2.20. The molecule has 1 N–H and O–H groups in total. The van der Waals surface area contributed by atoms with Crippen LogP contribution in [0.2, 0.25) is 0 Å². The Morgan fingerprint density at radius 3 is 2.14 bits per heavy atom. The largest absolute Gasteiger partial charge is 0.368 e. The number of nitro benzene ring substituents is 1. The molecule has 146 valence electrons. The monoisotopic (exact) mass is 382 g/mol. The van der Waals surface area contributed by atoms with Crippen molar-refractivity contribution in [3.63, 3.8) is 0 Å². The van der Waals surface area contributed by atoms with E-state index in [1.165, 1.54) is 24.3 Å². The number of non-ortho nitro benzene ring substituents is 1. The third-order valence-electron chi connectivity index (χ3n) is 4.77. The summed E-state index contributed by atoms with van der Waals surface area (Å²) >= 11 is 0. The van der Waals surface area contributed by atoms with Gasteiger partial charge in [-0.05, 0) is 36.4 Å². The molecule has 0 spiro atoms. The molecule has 1 aliphatic rings. The van der Waals surface area contributed by atoms with Crippen LogP contribution >= 0.6 is 0 Å². The van der Waals surface area contributed by atoms with E-state index in [2.05, 4.69) is 10.2 Å². The van der Waals surface area contributed by atoms with Crippen molar-refractivity contribution in [1.29, 1.82) is 0 Å². The molecule has 1 saturated heterocycles. The number of nitrogens with zero attached hydrogens (tertiary/aromatic N) is 3. The fourth-order valence-corrected chi connectivity index (χ4v) is 3.13. The number of nitrogens with one attached hydrogen (secondary N) is 1. The lowest BCUT2D eigenvalue weighted by Gasteiger charge is -2.36. The molecule has 2 aromatic rings. The summed E-state index contributed by atoms with van der Waals surface area (Å²) in [6.07, 6.45) is 0.531. The number of rotatable bonds is 5. The maximum atomic E-state index is 12.3. The second-order valence-electron chi connectivity index (χ2n) is 6.53. The summed E-state index contributed by atoms with van der Waals surface area (Å²) in [5.41, 5.74) is 1.98. The number of benzene rings is 2. The summed E-state index contributed by atoms with van der Waals surface area (Å²) in [6.45, 7) is 4.86. The Hall–Kier alpha value is -3.42. The van der Waals surface area contributed by atoms with E-state index in [1.54, 1.807) is 0 Å². The lowest BCUT2D eigenvalue weighted by molar-refractivity contribution is -0.384. The topological polar surface area (TPSA) is 95.8 Å². The Kier molecular flexibility index (Phi) is 5.88. The average molecular weight is 382 g/mol. The number of nitro groups is 1. The first-order valence-corrected chi connectivity index (χ1v) is 9.16. The molecule has 0 unspecified atom stereocenters. The highest BCUT2D eigenvalue weighted by atomic mass is 16.6. The van der Waals surface area contributed by atoms with E-state index in [-0.39, 0.29) is 17.5 Å². The van der Waals surface area contributed by atoms with Crippen molar-refractivity contribution in [3.05, 3.63) is 64.2 Å². The van der Waals surface area contributed by atoms with Gasteiger partial charge in [0.25, 0.3) is 11.6 Å². The Morgan fingerprint density at radius 1 is 1.00 bits per heavy atom. The van der Waals surface area contributed by atoms with E-state index < -0.39 is 4.92 Å². The number of hydrogen-bond acceptors (Lipinski definition) is 5. The van der Waals surface area contributed by atoms with E-state index >= 15 is 0 Å². The lowest BCUT2D eigenvalue weighted by Crippen LogP contribution is -2.48. The van der Waals surface area contributed by atoms with E-state index in [0.717, 1.165) is 18.8 Å². The average Bonchev–Trinajstić information content (AvgIpc) is 2.74. The summed E-state index contributed by atoms with van der Waals surface area (Å²) in [7, 11) is 0. The summed E-state index contributed by atoms with van der Waals surface area (Å²) in [5.74, 6) is -0.140. The number of piperazine rings is 1. The Labute approximate surface area is 162 Å². The fraction of sp³-hybridized carbons (Fsp3) is 0.300. The molecule has 1 fully saturated rings. The van der Waals surface area contributed by atoms with E-state index in [1.807, 2.05) is 36.1 Å². The van der Waals surface area contributed by atoms with Gasteiger partial charge in [0.1, 0.15) is 0 Å².